The SMILES string of the molecule is CC1CC2(C[C@H]2OP(=O)(S)O[C@H]2C[C@H](n3cnc4nccn4c3=O)O[C@@H]2COP(O)(O)=S)O[C@H]1Cn1cnc2c(=O)[nH]c(N)nc21. The second kappa shape index (κ2) is 11.6. The summed E-state index contributed by atoms with van der Waals surface area (Å²) in [5.74, 6) is 0.236. The first-order valence-electron chi connectivity index (χ1n) is 14.0. The maximum absolute atomic E-state index is 13.6. The number of thiol groups is 1. The van der Waals surface area contributed by atoms with Gasteiger partial charge in [-0.05, 0) is 24.1 Å². The number of nitrogen functional groups attached to an aromatic ring is 1. The third kappa shape index (κ3) is 6.22. The van der Waals surface area contributed by atoms with Crippen molar-refractivity contribution in [3.63, 3.8) is 0 Å². The monoisotopic (exact) mass is 717 g/mol. The van der Waals surface area contributed by atoms with Crippen LogP contribution in [0.2, 0.25) is 0 Å². The summed E-state index contributed by atoms with van der Waals surface area (Å²) in [7, 11) is 0. The zero-order valence-corrected chi connectivity index (χ0v) is 27.4. The minimum Gasteiger partial charge on any atom is -0.369 e. The Balaban J connectivity index is 1.03. The zero-order chi connectivity index (χ0) is 32.6. The number of fused-ring (bicyclic) bond motifs is 2. The van der Waals surface area contributed by atoms with Crippen LogP contribution < -0.4 is 17.0 Å². The summed E-state index contributed by atoms with van der Waals surface area (Å²) in [6, 6.07) is 0. The molecule has 23 heteroatoms. The van der Waals surface area contributed by atoms with Crippen molar-refractivity contribution in [2.45, 2.75) is 69.0 Å². The van der Waals surface area contributed by atoms with Crippen molar-refractivity contribution >= 4 is 60.5 Å². The van der Waals surface area contributed by atoms with Gasteiger partial charge in [0.05, 0.1) is 37.3 Å². The van der Waals surface area contributed by atoms with Crippen molar-refractivity contribution in [2.75, 3.05) is 12.3 Å². The van der Waals surface area contributed by atoms with Gasteiger partial charge in [-0.25, -0.2) is 28.7 Å². The molecule has 4 aromatic heterocycles. The van der Waals surface area contributed by atoms with Gasteiger partial charge in [0.25, 0.3) is 5.56 Å². The second-order valence-corrected chi connectivity index (χ2v) is 17.0. The molecule has 3 unspecified atom stereocenters. The van der Waals surface area contributed by atoms with Crippen LogP contribution in [0.25, 0.3) is 16.9 Å². The van der Waals surface area contributed by atoms with E-state index >= 15 is 0 Å². The number of hydrogen-bond acceptors (Lipinski definition) is 14. The van der Waals surface area contributed by atoms with Crippen molar-refractivity contribution in [1.82, 2.24) is 38.5 Å². The van der Waals surface area contributed by atoms with Gasteiger partial charge in [0.1, 0.15) is 24.8 Å². The Morgan fingerprint density at radius 1 is 1.22 bits per heavy atom. The van der Waals surface area contributed by atoms with E-state index in [2.05, 4.69) is 49.0 Å². The van der Waals surface area contributed by atoms with E-state index in [9.17, 15) is 23.9 Å². The summed E-state index contributed by atoms with van der Waals surface area (Å²) < 4.78 is 46.8. The molecule has 248 valence electrons. The summed E-state index contributed by atoms with van der Waals surface area (Å²) in [5, 5.41) is 0. The lowest BCUT2D eigenvalue weighted by Crippen LogP contribution is -2.30. The number of nitrogens with zero attached hydrogens (tertiary/aromatic N) is 7. The number of ether oxygens (including phenoxy) is 2. The molecule has 0 amide bonds. The molecule has 7 rings (SSSR count). The van der Waals surface area contributed by atoms with Crippen LogP contribution in [0.5, 0.6) is 0 Å². The summed E-state index contributed by atoms with van der Waals surface area (Å²) in [4.78, 5) is 63.3. The Kier molecular flexibility index (Phi) is 8.04. The van der Waals surface area contributed by atoms with Gasteiger partial charge >= 0.3 is 19.2 Å². The number of aromatic amines is 1. The zero-order valence-electron chi connectivity index (χ0n) is 23.9. The van der Waals surface area contributed by atoms with E-state index in [1.807, 2.05) is 6.92 Å². The predicted molar refractivity (Wildman–Crippen MR) is 165 cm³/mol. The third-order valence-electron chi connectivity index (χ3n) is 8.29. The van der Waals surface area contributed by atoms with Crippen LogP contribution in [0.1, 0.15) is 32.4 Å². The van der Waals surface area contributed by atoms with Gasteiger partial charge in [-0.15, -0.1) is 0 Å². The van der Waals surface area contributed by atoms with E-state index in [1.165, 1.54) is 34.0 Å². The minimum atomic E-state index is -4.07. The summed E-state index contributed by atoms with van der Waals surface area (Å²) in [5.41, 5.74) is 4.57. The Morgan fingerprint density at radius 3 is 2.80 bits per heavy atom. The van der Waals surface area contributed by atoms with Crippen molar-refractivity contribution < 1.29 is 37.4 Å². The Morgan fingerprint density at radius 2 is 2.02 bits per heavy atom. The number of nitrogens with two attached hydrogens (primary N) is 1. The van der Waals surface area contributed by atoms with E-state index < -0.39 is 61.5 Å². The Bertz CT molecular complexity index is 2030. The molecule has 46 heavy (non-hydrogen) atoms. The van der Waals surface area contributed by atoms with Gasteiger partial charge in [-0.2, -0.15) is 4.98 Å². The summed E-state index contributed by atoms with van der Waals surface area (Å²) in [6.45, 7) is -6.21. The minimum absolute atomic E-state index is 0.00484. The topological polar surface area (TPSA) is 245 Å². The molecule has 3 fully saturated rings. The van der Waals surface area contributed by atoms with Crippen LogP contribution in [0.3, 0.4) is 0 Å². The molecule has 19 nitrogen and oxygen atoms in total. The first kappa shape index (κ1) is 32.0. The molecule has 1 saturated carbocycles. The highest BCUT2D eigenvalue weighted by Crippen LogP contribution is 2.64. The molecule has 4 aromatic rings. The van der Waals surface area contributed by atoms with Gasteiger partial charge in [0.2, 0.25) is 11.7 Å². The van der Waals surface area contributed by atoms with E-state index in [4.69, 9.17) is 28.8 Å². The molecule has 0 radical (unpaired) electrons. The lowest BCUT2D eigenvalue weighted by Gasteiger charge is -2.23. The van der Waals surface area contributed by atoms with Gasteiger partial charge < -0.3 is 34.1 Å². The number of aromatic nitrogens is 8. The maximum Gasteiger partial charge on any atom is 0.386 e. The lowest BCUT2D eigenvalue weighted by atomic mass is 10.0. The van der Waals surface area contributed by atoms with E-state index in [0.29, 0.717) is 25.0 Å². The predicted octanol–water partition coefficient (Wildman–Crippen LogP) is 0.495. The molecule has 1 aliphatic carbocycles. The van der Waals surface area contributed by atoms with E-state index in [1.54, 1.807) is 4.57 Å². The van der Waals surface area contributed by atoms with Gasteiger partial charge in [-0.3, -0.25) is 23.4 Å². The molecular formula is C23H29N9O10P2S2. The van der Waals surface area contributed by atoms with E-state index in [-0.39, 0.29) is 35.7 Å². The number of imidazole rings is 2. The standard InChI is InChI=1S/C23H29N9O10P2S2/c1-11-5-23(40-13(11)7-30-9-26-17-18(30)28-20(24)29-19(17)33)6-15(23)42-44(37,46)41-12-4-16(39-14(12)8-38-43(35,36)45)32-10-27-21-25-2-3-31(21)22(32)34/h2-3,9-16H,4-8H2,1H3,(H,37,46)(H2,35,36,45)(H3,24,28,29,33)/t11?,12-,13-,14+,15+,16+,23?,44?/m0/s1. The maximum atomic E-state index is 13.6. The van der Waals surface area contributed by atoms with Crippen LogP contribution in [0.4, 0.5) is 5.95 Å². The molecule has 3 aliphatic rings. The van der Waals surface area contributed by atoms with Crippen molar-refractivity contribution in [3.05, 3.63) is 45.9 Å². The quantitative estimate of drug-likeness (QED) is 0.111. The fourth-order valence-electron chi connectivity index (χ4n) is 6.07. The first-order chi connectivity index (χ1) is 21.7. The molecule has 5 N–H and O–H groups in total. The number of rotatable bonds is 10. The fourth-order valence-corrected chi connectivity index (χ4v) is 8.50. The first-order valence-corrected chi connectivity index (χ1v) is 19.4. The lowest BCUT2D eigenvalue weighted by molar-refractivity contribution is -0.0419. The Hall–Kier alpha value is -2.55. The van der Waals surface area contributed by atoms with Gasteiger partial charge in [-0.1, -0.05) is 19.2 Å². The van der Waals surface area contributed by atoms with Crippen LogP contribution in [-0.2, 0) is 46.0 Å². The van der Waals surface area contributed by atoms with Crippen LogP contribution in [0.15, 0.2) is 34.6 Å². The molecule has 0 aromatic carbocycles. The van der Waals surface area contributed by atoms with Crippen LogP contribution in [-0.4, -0.2) is 84.9 Å². The summed E-state index contributed by atoms with van der Waals surface area (Å²) >= 11 is 8.78. The highest BCUT2D eigenvalue weighted by Gasteiger charge is 2.64. The van der Waals surface area contributed by atoms with E-state index in [0.717, 1.165) is 0 Å². The van der Waals surface area contributed by atoms with Gasteiger partial charge in [0.15, 0.2) is 11.2 Å². The molecule has 2 aliphatic heterocycles. The summed E-state index contributed by atoms with van der Waals surface area (Å²) in [6.07, 6.45) is 2.81. The van der Waals surface area contributed by atoms with Crippen molar-refractivity contribution in [3.8, 4) is 0 Å². The number of anilines is 1. The molecule has 6 heterocycles. The average molecular weight is 718 g/mol. The molecular weight excluding hydrogens is 688 g/mol. The molecule has 0 bridgehead atoms. The Labute approximate surface area is 269 Å². The van der Waals surface area contributed by atoms with Gasteiger partial charge in [0, 0.05) is 25.2 Å². The largest absolute Gasteiger partial charge is 0.386 e. The third-order valence-corrected chi connectivity index (χ3v) is 10.7. The molecule has 1 spiro atoms. The highest BCUT2D eigenvalue weighted by atomic mass is 32.7. The number of hydrogen-bond donors (Lipinski definition) is 5. The highest BCUT2D eigenvalue weighted by molar-refractivity contribution is 8.44. The van der Waals surface area contributed by atoms with Crippen molar-refractivity contribution in [2.24, 2.45) is 5.92 Å². The number of nitrogens with one attached hydrogen (secondary N) is 1. The fraction of sp³-hybridized carbons (Fsp3) is 0.565. The van der Waals surface area contributed by atoms with Crippen molar-refractivity contribution in [1.29, 1.82) is 0 Å². The molecule has 8 atom stereocenters. The number of H-pyrrole nitrogens is 1. The smallest absolute Gasteiger partial charge is 0.369 e. The second-order valence-electron chi connectivity index (χ2n) is 11.5. The average Bonchev–Trinajstić information content (AvgIpc) is 3.47. The normalized spacial score (nSPS) is 30.9. The molecule has 2 saturated heterocycles. The van der Waals surface area contributed by atoms with Crippen LogP contribution >= 0.6 is 25.8 Å². The van der Waals surface area contributed by atoms with Crippen LogP contribution in [0, 0.1) is 5.92 Å².